The number of pyridine rings is 1. The molecule has 8 nitrogen and oxygen atoms in total. The van der Waals surface area contributed by atoms with Crippen LogP contribution in [0.15, 0.2) is 12.3 Å². The van der Waals surface area contributed by atoms with Gasteiger partial charge in [0, 0.05) is 37.0 Å². The number of carbonyl (C=O) groups is 2. The zero-order valence-electron chi connectivity index (χ0n) is 17.8. The fourth-order valence-electron chi connectivity index (χ4n) is 3.82. The van der Waals surface area contributed by atoms with Gasteiger partial charge in [0.25, 0.3) is 5.91 Å². The van der Waals surface area contributed by atoms with Crippen LogP contribution in [0.25, 0.3) is 10.6 Å². The van der Waals surface area contributed by atoms with Crippen LogP contribution in [0.2, 0.25) is 0 Å². The number of aromatic nitrogens is 2. The summed E-state index contributed by atoms with van der Waals surface area (Å²) in [4.78, 5) is 37.0. The van der Waals surface area contributed by atoms with Gasteiger partial charge >= 0.3 is 11.3 Å². The van der Waals surface area contributed by atoms with E-state index in [2.05, 4.69) is 10.3 Å². The first-order valence-electron chi connectivity index (χ1n) is 10.0. The van der Waals surface area contributed by atoms with E-state index in [0.717, 1.165) is 16.7 Å². The topological polar surface area (TPSA) is 87.7 Å². The second kappa shape index (κ2) is 8.32. The van der Waals surface area contributed by atoms with Crippen LogP contribution >= 0.6 is 10.5 Å². The second-order valence-electron chi connectivity index (χ2n) is 7.73. The van der Waals surface area contributed by atoms with Gasteiger partial charge in [0.15, 0.2) is 0 Å². The molecule has 2 amide bonds. The summed E-state index contributed by atoms with van der Waals surface area (Å²) in [6.45, 7) is 4.08. The minimum absolute atomic E-state index is 0.147. The lowest BCUT2D eigenvalue weighted by Crippen LogP contribution is -2.44. The van der Waals surface area contributed by atoms with Crippen LogP contribution in [-0.4, -0.2) is 65.2 Å². The molecule has 2 aromatic heterocycles. The monoisotopic (exact) mass is 470 g/mol. The van der Waals surface area contributed by atoms with E-state index in [-0.39, 0.29) is 18.0 Å². The smallest absolute Gasteiger partial charge is 0.378 e. The van der Waals surface area contributed by atoms with E-state index in [9.17, 15) is 22.8 Å². The highest BCUT2D eigenvalue weighted by Crippen LogP contribution is 2.42. The molecule has 1 fully saturated rings. The molecular weight excluding hydrogens is 447 g/mol. The largest absolute Gasteiger partial charge is 0.408 e. The highest BCUT2D eigenvalue weighted by atomic mass is 32.2. The highest BCUT2D eigenvalue weighted by molar-refractivity contribution is 7.35. The molecule has 2 aliphatic heterocycles. The van der Waals surface area contributed by atoms with Crippen LogP contribution in [0, 0.1) is 0 Å². The Bertz CT molecular complexity index is 1070. The number of nitrogens with one attached hydrogen (secondary N) is 1. The Kier molecular flexibility index (Phi) is 5.84. The lowest BCUT2D eigenvalue weighted by molar-refractivity contribution is -0.172. The number of rotatable bonds is 4. The molecule has 2 aromatic rings. The Morgan fingerprint density at radius 2 is 2.00 bits per heavy atom. The summed E-state index contributed by atoms with van der Waals surface area (Å²) in [7, 11) is -0.575. The lowest BCUT2D eigenvalue weighted by Gasteiger charge is -2.29. The van der Waals surface area contributed by atoms with Crippen molar-refractivity contribution < 1.29 is 27.5 Å². The molecule has 2 unspecified atom stereocenters. The molecule has 0 saturated carbocycles. The van der Waals surface area contributed by atoms with Gasteiger partial charge in [-0.25, -0.2) is 4.98 Å². The van der Waals surface area contributed by atoms with Gasteiger partial charge in [-0.1, -0.05) is 0 Å². The van der Waals surface area contributed by atoms with E-state index >= 15 is 0 Å². The van der Waals surface area contributed by atoms with Crippen LogP contribution in [0.1, 0.15) is 29.8 Å². The van der Waals surface area contributed by atoms with E-state index in [1.165, 1.54) is 6.92 Å². The van der Waals surface area contributed by atoms with E-state index in [4.69, 9.17) is 9.72 Å². The average Bonchev–Trinajstić information content (AvgIpc) is 3.26. The molecule has 0 radical (unpaired) electrons. The Balaban J connectivity index is 1.80. The van der Waals surface area contributed by atoms with Crippen molar-refractivity contribution in [2.75, 3.05) is 36.5 Å². The van der Waals surface area contributed by atoms with Crippen molar-refractivity contribution in [2.24, 2.45) is 6.26 Å². The molecule has 0 bridgehead atoms. The fraction of sp³-hybridized carbons (Fsp3) is 0.500. The molecule has 1 N–H and O–H groups in total. The minimum atomic E-state index is -4.53. The van der Waals surface area contributed by atoms with Crippen molar-refractivity contribution in [1.29, 1.82) is 0 Å². The van der Waals surface area contributed by atoms with E-state index < -0.39 is 28.6 Å². The van der Waals surface area contributed by atoms with Crippen molar-refractivity contribution >= 4 is 33.2 Å². The molecule has 32 heavy (non-hydrogen) atoms. The predicted octanol–water partition coefficient (Wildman–Crippen LogP) is 3.13. The third kappa shape index (κ3) is 4.04. The maximum absolute atomic E-state index is 13.4. The maximum Gasteiger partial charge on any atom is 0.408 e. The first-order chi connectivity index (χ1) is 15.1. The van der Waals surface area contributed by atoms with Crippen LogP contribution in [0.3, 0.4) is 0 Å². The molecule has 0 spiro atoms. The zero-order chi connectivity index (χ0) is 23.2. The molecule has 2 aliphatic rings. The van der Waals surface area contributed by atoms with Crippen molar-refractivity contribution in [3.63, 3.8) is 0 Å². The Morgan fingerprint density at radius 3 is 2.62 bits per heavy atom. The summed E-state index contributed by atoms with van der Waals surface area (Å²) >= 11 is 0. The van der Waals surface area contributed by atoms with Crippen LogP contribution in [0.4, 0.5) is 24.1 Å². The van der Waals surface area contributed by atoms with Gasteiger partial charge < -0.3 is 14.5 Å². The number of carbonyl (C=O) groups excluding carboxylic acids is 2. The fourth-order valence-corrected chi connectivity index (χ4v) is 5.17. The van der Waals surface area contributed by atoms with Gasteiger partial charge in [-0.05, 0) is 18.6 Å². The first-order valence-corrected chi connectivity index (χ1v) is 11.7. The van der Waals surface area contributed by atoms with Crippen LogP contribution in [-0.2, 0) is 22.3 Å². The molecule has 4 heterocycles. The minimum Gasteiger partial charge on any atom is -0.378 e. The van der Waals surface area contributed by atoms with Crippen molar-refractivity contribution in [3.8, 4) is 10.6 Å². The number of fused-ring (bicyclic) bond motifs is 1. The standard InChI is InChI=1S/C20H22F3N5O3S/c1-11(20(21,22)23)28-10-13-8-14(15-9-24-19(32(15)3)25-12(2)29)26-17(16(13)18(28)30)27-4-6-31-7-5-27/h8-9,11H,4-7,10H2,1-3H3/p+1. The number of morpholine rings is 1. The molecule has 172 valence electrons. The molecular formula is C20H23F3N5O3S+. The lowest BCUT2D eigenvalue weighted by atomic mass is 10.1. The average molecular weight is 470 g/mol. The summed E-state index contributed by atoms with van der Waals surface area (Å²) in [5.74, 6) is -0.541. The second-order valence-corrected chi connectivity index (χ2v) is 9.58. The normalized spacial score (nSPS) is 18.1. The van der Waals surface area contributed by atoms with E-state index in [1.807, 2.05) is 11.2 Å². The molecule has 4 rings (SSSR count). The number of ether oxygens (including phenoxy) is 1. The predicted molar refractivity (Wildman–Crippen MR) is 114 cm³/mol. The van der Waals surface area contributed by atoms with E-state index in [0.29, 0.717) is 48.5 Å². The SMILES string of the molecule is CC(=O)Nc1ncc(-c2cc3c(c(N4CCOCC4)n2)C(=O)N(C(C)C(F)(F)F)C3)[s+]1C. The third-order valence-corrected chi connectivity index (χ3v) is 7.37. The summed E-state index contributed by atoms with van der Waals surface area (Å²) in [5.41, 5.74) is 1.25. The van der Waals surface area contributed by atoms with Crippen molar-refractivity contribution in [3.05, 3.63) is 23.4 Å². The number of halogens is 3. The summed E-state index contributed by atoms with van der Waals surface area (Å²) in [6, 6.07) is -0.244. The number of nitrogens with zero attached hydrogens (tertiary/aromatic N) is 4. The quantitative estimate of drug-likeness (QED) is 0.691. The molecule has 1 saturated heterocycles. The number of alkyl halides is 3. The van der Waals surface area contributed by atoms with Gasteiger partial charge in [0.2, 0.25) is 10.8 Å². The Morgan fingerprint density at radius 1 is 1.31 bits per heavy atom. The van der Waals surface area contributed by atoms with Crippen molar-refractivity contribution in [2.45, 2.75) is 32.6 Å². The van der Waals surface area contributed by atoms with Gasteiger partial charge in [-0.2, -0.15) is 18.2 Å². The highest BCUT2D eigenvalue weighted by Gasteiger charge is 2.46. The Labute approximate surface area is 185 Å². The maximum atomic E-state index is 13.4. The zero-order valence-corrected chi connectivity index (χ0v) is 18.6. The molecule has 2 atom stereocenters. The Hall–Kier alpha value is -2.73. The van der Waals surface area contributed by atoms with Crippen LogP contribution in [0.5, 0.6) is 0 Å². The third-order valence-electron chi connectivity index (χ3n) is 5.60. The molecule has 0 aliphatic carbocycles. The van der Waals surface area contributed by atoms with Crippen molar-refractivity contribution in [1.82, 2.24) is 14.9 Å². The first kappa shape index (κ1) is 22.5. The van der Waals surface area contributed by atoms with Gasteiger partial charge in [-0.15, -0.1) is 0 Å². The van der Waals surface area contributed by atoms with E-state index in [1.54, 1.807) is 12.3 Å². The summed E-state index contributed by atoms with van der Waals surface area (Å²) < 4.78 is 45.5. The number of amides is 2. The van der Waals surface area contributed by atoms with Crippen LogP contribution < -0.4 is 10.2 Å². The van der Waals surface area contributed by atoms with Gasteiger partial charge in [0.05, 0.1) is 25.0 Å². The summed E-state index contributed by atoms with van der Waals surface area (Å²) in [5, 5.41) is 3.20. The number of hydrogen-bond acceptors (Lipinski definition) is 6. The van der Waals surface area contributed by atoms with Gasteiger partial charge in [0.1, 0.15) is 23.8 Å². The number of thiazole rings is 1. The number of hydrogen-bond donors (Lipinski definition) is 1. The van der Waals surface area contributed by atoms with Gasteiger partial charge in [-0.3, -0.25) is 14.9 Å². The number of anilines is 2. The summed E-state index contributed by atoms with van der Waals surface area (Å²) in [6.07, 6.45) is -1.03. The molecule has 12 heteroatoms. The molecule has 0 aromatic carbocycles.